The van der Waals surface area contributed by atoms with E-state index in [1.54, 1.807) is 0 Å². The standard InChI is InChI=1S/C16H24N2O/c1-4-8-16(9-5-10-17-16)15(19)18-14-7-6-12(2)13(3)11-14/h6-7,11,17H,4-5,8-10H2,1-3H3,(H,18,19). The van der Waals surface area contributed by atoms with Gasteiger partial charge in [-0.1, -0.05) is 19.4 Å². The second-order valence-corrected chi connectivity index (χ2v) is 5.62. The van der Waals surface area contributed by atoms with Gasteiger partial charge in [0.15, 0.2) is 0 Å². The molecule has 2 N–H and O–H groups in total. The largest absolute Gasteiger partial charge is 0.324 e. The molecule has 104 valence electrons. The Morgan fingerprint density at radius 1 is 1.37 bits per heavy atom. The van der Waals surface area contributed by atoms with Crippen molar-refractivity contribution in [2.75, 3.05) is 11.9 Å². The molecule has 0 aromatic heterocycles. The van der Waals surface area contributed by atoms with Crippen LogP contribution in [0.5, 0.6) is 0 Å². The van der Waals surface area contributed by atoms with Gasteiger partial charge in [0.05, 0.1) is 5.54 Å². The van der Waals surface area contributed by atoms with Crippen LogP contribution in [0.2, 0.25) is 0 Å². The highest BCUT2D eigenvalue weighted by Crippen LogP contribution is 2.26. The molecule has 1 aliphatic rings. The highest BCUT2D eigenvalue weighted by atomic mass is 16.2. The molecule has 1 aromatic rings. The lowest BCUT2D eigenvalue weighted by molar-refractivity contribution is -0.122. The average Bonchev–Trinajstić information content (AvgIpc) is 2.84. The first-order valence-electron chi connectivity index (χ1n) is 7.21. The Morgan fingerprint density at radius 3 is 2.74 bits per heavy atom. The molecule has 1 heterocycles. The molecular weight excluding hydrogens is 236 g/mol. The first kappa shape index (κ1) is 14.1. The summed E-state index contributed by atoms with van der Waals surface area (Å²) >= 11 is 0. The minimum Gasteiger partial charge on any atom is -0.324 e. The summed E-state index contributed by atoms with van der Waals surface area (Å²) in [5.74, 6) is 0.120. The van der Waals surface area contributed by atoms with Gasteiger partial charge in [0, 0.05) is 5.69 Å². The van der Waals surface area contributed by atoms with Crippen LogP contribution in [0.4, 0.5) is 5.69 Å². The van der Waals surface area contributed by atoms with Gasteiger partial charge in [-0.3, -0.25) is 4.79 Å². The second kappa shape index (κ2) is 5.74. The summed E-state index contributed by atoms with van der Waals surface area (Å²) in [6.07, 6.45) is 3.95. The van der Waals surface area contributed by atoms with E-state index in [1.165, 1.54) is 11.1 Å². The fourth-order valence-corrected chi connectivity index (χ4v) is 2.82. The molecule has 19 heavy (non-hydrogen) atoms. The molecule has 1 aliphatic heterocycles. The zero-order valence-electron chi connectivity index (χ0n) is 12.2. The third kappa shape index (κ3) is 2.98. The van der Waals surface area contributed by atoms with Crippen LogP contribution in [0.25, 0.3) is 0 Å². The predicted molar refractivity (Wildman–Crippen MR) is 79.4 cm³/mol. The number of amides is 1. The lowest BCUT2D eigenvalue weighted by Crippen LogP contribution is -2.50. The summed E-state index contributed by atoms with van der Waals surface area (Å²) in [6, 6.07) is 6.08. The van der Waals surface area contributed by atoms with Crippen LogP contribution in [0.15, 0.2) is 18.2 Å². The molecule has 1 unspecified atom stereocenters. The first-order chi connectivity index (χ1) is 9.07. The fraction of sp³-hybridized carbons (Fsp3) is 0.562. The van der Waals surface area contributed by atoms with Crippen molar-refractivity contribution in [3.8, 4) is 0 Å². The molecule has 1 atom stereocenters. The molecule has 0 aliphatic carbocycles. The lowest BCUT2D eigenvalue weighted by atomic mass is 9.90. The number of hydrogen-bond donors (Lipinski definition) is 2. The van der Waals surface area contributed by atoms with Crippen molar-refractivity contribution in [1.29, 1.82) is 0 Å². The van der Waals surface area contributed by atoms with Crippen molar-refractivity contribution in [1.82, 2.24) is 5.32 Å². The number of benzene rings is 1. The van der Waals surface area contributed by atoms with E-state index in [2.05, 4.69) is 37.5 Å². The summed E-state index contributed by atoms with van der Waals surface area (Å²) in [4.78, 5) is 12.5. The zero-order chi connectivity index (χ0) is 13.9. The molecule has 1 fully saturated rings. The van der Waals surface area contributed by atoms with Crippen molar-refractivity contribution >= 4 is 11.6 Å². The molecule has 1 aromatic carbocycles. The Bertz CT molecular complexity index is 462. The van der Waals surface area contributed by atoms with Crippen molar-refractivity contribution in [2.24, 2.45) is 0 Å². The van der Waals surface area contributed by atoms with E-state index >= 15 is 0 Å². The van der Waals surface area contributed by atoms with Crippen molar-refractivity contribution in [3.63, 3.8) is 0 Å². The van der Waals surface area contributed by atoms with Crippen LogP contribution in [0, 0.1) is 13.8 Å². The summed E-state index contributed by atoms with van der Waals surface area (Å²) in [7, 11) is 0. The molecule has 0 radical (unpaired) electrons. The van der Waals surface area contributed by atoms with E-state index in [1.807, 2.05) is 12.1 Å². The van der Waals surface area contributed by atoms with E-state index in [4.69, 9.17) is 0 Å². The van der Waals surface area contributed by atoms with Gasteiger partial charge < -0.3 is 10.6 Å². The smallest absolute Gasteiger partial charge is 0.244 e. The number of carbonyl (C=O) groups is 1. The predicted octanol–water partition coefficient (Wildman–Crippen LogP) is 3.16. The SMILES string of the molecule is CCCC1(C(=O)Nc2ccc(C)c(C)c2)CCCN1. The number of anilines is 1. The van der Waals surface area contributed by atoms with Gasteiger partial charge in [-0.25, -0.2) is 0 Å². The third-order valence-electron chi connectivity index (χ3n) is 4.12. The van der Waals surface area contributed by atoms with Gasteiger partial charge in [0.25, 0.3) is 0 Å². The second-order valence-electron chi connectivity index (χ2n) is 5.62. The van der Waals surface area contributed by atoms with Crippen molar-refractivity contribution < 1.29 is 4.79 Å². The van der Waals surface area contributed by atoms with Crippen LogP contribution < -0.4 is 10.6 Å². The van der Waals surface area contributed by atoms with Gasteiger partial charge in [0.1, 0.15) is 0 Å². The van der Waals surface area contributed by atoms with Gasteiger partial charge in [-0.2, -0.15) is 0 Å². The maximum absolute atomic E-state index is 12.5. The molecule has 0 bridgehead atoms. The Labute approximate surface area is 115 Å². The van der Waals surface area contributed by atoms with Crippen molar-refractivity contribution in [2.45, 2.75) is 52.0 Å². The fourth-order valence-electron chi connectivity index (χ4n) is 2.82. The van der Waals surface area contributed by atoms with Crippen LogP contribution in [0.3, 0.4) is 0 Å². The van der Waals surface area contributed by atoms with E-state index in [-0.39, 0.29) is 11.4 Å². The number of rotatable bonds is 4. The van der Waals surface area contributed by atoms with Crippen LogP contribution in [-0.4, -0.2) is 18.0 Å². The third-order valence-corrected chi connectivity index (χ3v) is 4.12. The molecular formula is C16H24N2O. The van der Waals surface area contributed by atoms with Crippen molar-refractivity contribution in [3.05, 3.63) is 29.3 Å². The Kier molecular flexibility index (Phi) is 4.25. The average molecular weight is 260 g/mol. The summed E-state index contributed by atoms with van der Waals surface area (Å²) in [5, 5.41) is 6.48. The molecule has 0 spiro atoms. The summed E-state index contributed by atoms with van der Waals surface area (Å²) in [5.41, 5.74) is 3.01. The van der Waals surface area contributed by atoms with Crippen LogP contribution in [-0.2, 0) is 4.79 Å². The highest BCUT2D eigenvalue weighted by molar-refractivity contribution is 5.98. The normalized spacial score (nSPS) is 22.5. The molecule has 0 saturated carbocycles. The minimum atomic E-state index is -0.354. The van der Waals surface area contributed by atoms with Gasteiger partial charge in [-0.05, 0) is 62.9 Å². The molecule has 1 saturated heterocycles. The zero-order valence-corrected chi connectivity index (χ0v) is 12.2. The van der Waals surface area contributed by atoms with Gasteiger partial charge in [-0.15, -0.1) is 0 Å². The van der Waals surface area contributed by atoms with Crippen LogP contribution in [0.1, 0.15) is 43.7 Å². The lowest BCUT2D eigenvalue weighted by Gasteiger charge is -2.28. The van der Waals surface area contributed by atoms with E-state index in [9.17, 15) is 4.79 Å². The number of aryl methyl sites for hydroxylation is 2. The molecule has 1 amide bonds. The Morgan fingerprint density at radius 2 is 2.16 bits per heavy atom. The van der Waals surface area contributed by atoms with E-state index in [0.29, 0.717) is 0 Å². The van der Waals surface area contributed by atoms with Gasteiger partial charge >= 0.3 is 0 Å². The monoisotopic (exact) mass is 260 g/mol. The first-order valence-corrected chi connectivity index (χ1v) is 7.21. The van der Waals surface area contributed by atoms with Gasteiger partial charge in [0.2, 0.25) is 5.91 Å². The van der Waals surface area contributed by atoms with E-state index in [0.717, 1.165) is 37.9 Å². The molecule has 3 nitrogen and oxygen atoms in total. The highest BCUT2D eigenvalue weighted by Gasteiger charge is 2.39. The maximum Gasteiger partial charge on any atom is 0.244 e. The minimum absolute atomic E-state index is 0.120. The number of nitrogens with one attached hydrogen (secondary N) is 2. The summed E-state index contributed by atoms with van der Waals surface area (Å²) in [6.45, 7) is 7.23. The molecule has 3 heteroatoms. The Balaban J connectivity index is 2.12. The van der Waals surface area contributed by atoms with E-state index < -0.39 is 0 Å². The number of carbonyl (C=O) groups excluding carboxylic acids is 1. The Hall–Kier alpha value is -1.35. The summed E-state index contributed by atoms with van der Waals surface area (Å²) < 4.78 is 0. The maximum atomic E-state index is 12.5. The van der Waals surface area contributed by atoms with Crippen LogP contribution >= 0.6 is 0 Å². The topological polar surface area (TPSA) is 41.1 Å². The molecule has 2 rings (SSSR count). The number of hydrogen-bond acceptors (Lipinski definition) is 2. The quantitative estimate of drug-likeness (QED) is 0.873.